The van der Waals surface area contributed by atoms with Gasteiger partial charge in [-0.05, 0) is 29.2 Å². The maximum Gasteiger partial charge on any atom is 0.272 e. The van der Waals surface area contributed by atoms with Gasteiger partial charge in [0.2, 0.25) is 0 Å². The number of thiophene rings is 1. The Balaban J connectivity index is 1.61. The molecule has 0 spiro atoms. The largest absolute Gasteiger partial charge is 0.286 e. The Kier molecular flexibility index (Phi) is 5.57. The van der Waals surface area contributed by atoms with Crippen molar-refractivity contribution in [3.05, 3.63) is 100 Å². The van der Waals surface area contributed by atoms with E-state index in [9.17, 15) is 4.79 Å². The van der Waals surface area contributed by atoms with Crippen LogP contribution in [0.3, 0.4) is 0 Å². The zero-order valence-electron chi connectivity index (χ0n) is 17.1. The molecule has 2 aromatic carbocycles. The van der Waals surface area contributed by atoms with E-state index in [1.165, 1.54) is 22.5 Å². The van der Waals surface area contributed by atoms with E-state index in [2.05, 4.69) is 36.2 Å². The molecule has 0 bridgehead atoms. The molecule has 31 heavy (non-hydrogen) atoms. The van der Waals surface area contributed by atoms with Crippen LogP contribution in [0.4, 0.5) is 0 Å². The van der Waals surface area contributed by atoms with Crippen molar-refractivity contribution < 1.29 is 0 Å². The third-order valence-electron chi connectivity index (χ3n) is 5.35. The van der Waals surface area contributed by atoms with Gasteiger partial charge in [0.05, 0.1) is 5.52 Å². The van der Waals surface area contributed by atoms with Crippen molar-refractivity contribution in [1.82, 2.24) is 14.5 Å². The van der Waals surface area contributed by atoms with Crippen molar-refractivity contribution in [3.8, 4) is 0 Å². The van der Waals surface area contributed by atoms with Gasteiger partial charge in [-0.15, -0.1) is 11.3 Å². The van der Waals surface area contributed by atoms with Gasteiger partial charge in [-0.25, -0.2) is 9.97 Å². The van der Waals surface area contributed by atoms with Gasteiger partial charge in [-0.3, -0.25) is 9.36 Å². The first kappa shape index (κ1) is 20.0. The van der Waals surface area contributed by atoms with Crippen molar-refractivity contribution in [2.45, 2.75) is 30.3 Å². The van der Waals surface area contributed by atoms with E-state index >= 15 is 0 Å². The summed E-state index contributed by atoms with van der Waals surface area (Å²) in [6.45, 7) is 2.74. The summed E-state index contributed by atoms with van der Waals surface area (Å²) in [7, 11) is 0. The van der Waals surface area contributed by atoms with Crippen molar-refractivity contribution in [3.63, 3.8) is 0 Å². The third-order valence-corrected chi connectivity index (χ3v) is 7.49. The van der Waals surface area contributed by atoms with Gasteiger partial charge in [-0.2, -0.15) is 0 Å². The Bertz CT molecular complexity index is 1390. The van der Waals surface area contributed by atoms with Gasteiger partial charge in [0.25, 0.3) is 5.56 Å². The van der Waals surface area contributed by atoms with Crippen LogP contribution in [-0.2, 0) is 12.3 Å². The van der Waals surface area contributed by atoms with E-state index in [0.29, 0.717) is 11.2 Å². The lowest BCUT2D eigenvalue weighted by Crippen LogP contribution is -2.25. The monoisotopic (exact) mass is 443 g/mol. The fraction of sp³-hybridized carbons (Fsp3) is 0.160. The molecule has 4 nitrogen and oxygen atoms in total. The normalized spacial score (nSPS) is 12.4. The molecule has 0 saturated carbocycles. The fourth-order valence-corrected chi connectivity index (χ4v) is 5.68. The molecule has 0 aliphatic rings. The summed E-state index contributed by atoms with van der Waals surface area (Å²) >= 11 is 3.05. The minimum absolute atomic E-state index is 0.0198. The number of nitrogens with zero attached hydrogens (tertiary/aromatic N) is 3. The summed E-state index contributed by atoms with van der Waals surface area (Å²) in [4.78, 5) is 23.9. The van der Waals surface area contributed by atoms with E-state index in [1.807, 2.05) is 53.1 Å². The molecule has 6 heteroatoms. The molecule has 0 aliphatic carbocycles. The summed E-state index contributed by atoms with van der Waals surface area (Å²) in [6.07, 6.45) is 1.76. The topological polar surface area (TPSA) is 47.8 Å². The highest BCUT2D eigenvalue weighted by molar-refractivity contribution is 7.98. The van der Waals surface area contributed by atoms with Gasteiger partial charge in [0, 0.05) is 23.9 Å². The lowest BCUT2D eigenvalue weighted by molar-refractivity contribution is 0.532. The van der Waals surface area contributed by atoms with Gasteiger partial charge in [0.15, 0.2) is 5.16 Å². The molecule has 0 radical (unpaired) electrons. The van der Waals surface area contributed by atoms with E-state index in [1.54, 1.807) is 18.0 Å². The first-order valence-electron chi connectivity index (χ1n) is 10.2. The smallest absolute Gasteiger partial charge is 0.272 e. The highest BCUT2D eigenvalue weighted by atomic mass is 32.2. The minimum atomic E-state index is 0.0198. The molecular weight excluding hydrogens is 422 g/mol. The highest BCUT2D eigenvalue weighted by Gasteiger charge is 2.19. The Labute approximate surface area is 188 Å². The van der Waals surface area contributed by atoms with Crippen LogP contribution >= 0.6 is 23.1 Å². The lowest BCUT2D eigenvalue weighted by atomic mass is 10.0. The fourth-order valence-electron chi connectivity index (χ4n) is 3.70. The van der Waals surface area contributed by atoms with Gasteiger partial charge < -0.3 is 0 Å². The SMILES string of the molecule is C[C@@H](Cn1c(SCc2ccccc2)nc2c(sc3ncccc32)c1=O)c1ccccc1. The molecule has 5 rings (SSSR count). The standard InChI is InChI=1S/C25H21N3OS2/c1-17(19-11-6-3-7-12-19)15-28-24(29)22-21(20-13-8-14-26-23(20)31-22)27-25(28)30-16-18-9-4-2-5-10-18/h2-14,17H,15-16H2,1H3/t17-/m0/s1. The zero-order valence-corrected chi connectivity index (χ0v) is 18.7. The van der Waals surface area contributed by atoms with Crippen LogP contribution < -0.4 is 5.56 Å². The second-order valence-corrected chi connectivity index (χ2v) is 9.47. The van der Waals surface area contributed by atoms with Crippen molar-refractivity contribution in [2.24, 2.45) is 0 Å². The molecule has 0 saturated heterocycles. The number of thioether (sulfide) groups is 1. The predicted molar refractivity (Wildman–Crippen MR) is 130 cm³/mol. The average Bonchev–Trinajstić information content (AvgIpc) is 3.20. The van der Waals surface area contributed by atoms with Crippen LogP contribution in [0.5, 0.6) is 0 Å². The van der Waals surface area contributed by atoms with Crippen LogP contribution in [-0.4, -0.2) is 14.5 Å². The molecule has 0 amide bonds. The van der Waals surface area contributed by atoms with Crippen LogP contribution in [0, 0.1) is 0 Å². The first-order chi connectivity index (χ1) is 15.2. The second kappa shape index (κ2) is 8.65. The summed E-state index contributed by atoms with van der Waals surface area (Å²) in [6, 6.07) is 24.5. The number of aromatic nitrogens is 3. The zero-order chi connectivity index (χ0) is 21.2. The molecule has 3 aromatic heterocycles. The highest BCUT2D eigenvalue weighted by Crippen LogP contribution is 2.32. The number of hydrogen-bond acceptors (Lipinski definition) is 5. The van der Waals surface area contributed by atoms with Gasteiger partial charge in [-0.1, -0.05) is 79.3 Å². The maximum atomic E-state index is 13.6. The van der Waals surface area contributed by atoms with E-state index < -0.39 is 0 Å². The van der Waals surface area contributed by atoms with Crippen molar-refractivity contribution in [2.75, 3.05) is 0 Å². The molecular formula is C25H21N3OS2. The number of rotatable bonds is 6. The molecule has 5 aromatic rings. The van der Waals surface area contributed by atoms with Crippen LogP contribution in [0.2, 0.25) is 0 Å². The molecule has 0 aliphatic heterocycles. The van der Waals surface area contributed by atoms with Gasteiger partial charge >= 0.3 is 0 Å². The first-order valence-corrected chi connectivity index (χ1v) is 12.0. The van der Waals surface area contributed by atoms with Gasteiger partial charge in [0.1, 0.15) is 9.53 Å². The summed E-state index contributed by atoms with van der Waals surface area (Å²) in [5.74, 6) is 0.959. The summed E-state index contributed by atoms with van der Waals surface area (Å²) < 4.78 is 2.53. The second-order valence-electron chi connectivity index (χ2n) is 7.53. The van der Waals surface area contributed by atoms with E-state index in [-0.39, 0.29) is 11.5 Å². The van der Waals surface area contributed by atoms with Crippen molar-refractivity contribution >= 4 is 43.5 Å². The van der Waals surface area contributed by atoms with Crippen LogP contribution in [0.1, 0.15) is 24.0 Å². The molecule has 154 valence electrons. The van der Waals surface area contributed by atoms with E-state index in [4.69, 9.17) is 4.98 Å². The minimum Gasteiger partial charge on any atom is -0.286 e. The van der Waals surface area contributed by atoms with Crippen LogP contribution in [0.15, 0.2) is 88.9 Å². The van der Waals surface area contributed by atoms with Crippen molar-refractivity contribution in [1.29, 1.82) is 0 Å². The summed E-state index contributed by atoms with van der Waals surface area (Å²) in [5, 5.41) is 1.71. The third kappa shape index (κ3) is 4.01. The summed E-state index contributed by atoms with van der Waals surface area (Å²) in [5.41, 5.74) is 3.21. The average molecular weight is 444 g/mol. The van der Waals surface area contributed by atoms with E-state index in [0.717, 1.165) is 26.6 Å². The van der Waals surface area contributed by atoms with Crippen LogP contribution in [0.25, 0.3) is 20.4 Å². The Morgan fingerprint density at radius 1 is 1.00 bits per heavy atom. The predicted octanol–water partition coefficient (Wildman–Crippen LogP) is 6.10. The Morgan fingerprint density at radius 2 is 1.74 bits per heavy atom. The Morgan fingerprint density at radius 3 is 2.52 bits per heavy atom. The lowest BCUT2D eigenvalue weighted by Gasteiger charge is -2.17. The molecule has 1 atom stereocenters. The number of pyridine rings is 1. The quantitative estimate of drug-likeness (QED) is 0.235. The number of hydrogen-bond donors (Lipinski definition) is 0. The number of fused-ring (bicyclic) bond motifs is 3. The Hall–Kier alpha value is -2.96. The molecule has 0 fully saturated rings. The maximum absolute atomic E-state index is 13.6. The molecule has 3 heterocycles. The number of benzene rings is 2. The molecule has 0 unspecified atom stereocenters. The molecule has 0 N–H and O–H groups in total.